The molecule has 1 nitrogen and oxygen atoms in total. The normalized spacial score (nSPS) is 11.9. The first-order chi connectivity index (χ1) is 6.83. The van der Waals surface area contributed by atoms with Crippen LogP contribution < -0.4 is 5.32 Å². The van der Waals surface area contributed by atoms with Crippen molar-refractivity contribution in [1.82, 2.24) is 5.32 Å². The standard InChI is InChI=1S/C11H15Cl2N.ClH/c12-6-7-14-9-11(13)8-10-4-2-1-3-5-10;/h1-5,11,14H,6-9H2;1H/t11-;/m0./s1. The van der Waals surface area contributed by atoms with Crippen molar-refractivity contribution in [3.63, 3.8) is 0 Å². The van der Waals surface area contributed by atoms with Crippen LogP contribution in [0.15, 0.2) is 30.3 Å². The van der Waals surface area contributed by atoms with Gasteiger partial charge in [0, 0.05) is 19.0 Å². The van der Waals surface area contributed by atoms with Crippen LogP contribution in [0.25, 0.3) is 0 Å². The number of hydrogen-bond acceptors (Lipinski definition) is 1. The Labute approximate surface area is 108 Å². The first-order valence-corrected chi connectivity index (χ1v) is 5.74. The highest BCUT2D eigenvalue weighted by atomic mass is 35.5. The largest absolute Gasteiger partial charge is 0.314 e. The van der Waals surface area contributed by atoms with Crippen LogP contribution >= 0.6 is 35.6 Å². The molecule has 0 unspecified atom stereocenters. The molecule has 0 spiro atoms. The summed E-state index contributed by atoms with van der Waals surface area (Å²) in [6, 6.07) is 10.3. The third kappa shape index (κ3) is 7.02. The number of nitrogens with one attached hydrogen (secondary N) is 1. The highest BCUT2D eigenvalue weighted by Crippen LogP contribution is 2.06. The Kier molecular flexibility index (Phi) is 9.32. The molecule has 0 aliphatic heterocycles. The van der Waals surface area contributed by atoms with Gasteiger partial charge in [-0.05, 0) is 12.0 Å². The molecule has 0 aromatic heterocycles. The zero-order valence-electron chi connectivity index (χ0n) is 8.46. The molecule has 0 aliphatic carbocycles. The third-order valence-electron chi connectivity index (χ3n) is 1.94. The van der Waals surface area contributed by atoms with E-state index in [-0.39, 0.29) is 17.8 Å². The summed E-state index contributed by atoms with van der Waals surface area (Å²) in [5.41, 5.74) is 1.28. The number of hydrogen-bond donors (Lipinski definition) is 1. The van der Waals surface area contributed by atoms with Crippen LogP contribution in [0.3, 0.4) is 0 Å². The maximum Gasteiger partial charge on any atom is 0.0500 e. The molecule has 86 valence electrons. The van der Waals surface area contributed by atoms with Crippen molar-refractivity contribution >= 4 is 35.6 Å². The predicted molar refractivity (Wildman–Crippen MR) is 70.6 cm³/mol. The smallest absolute Gasteiger partial charge is 0.0500 e. The average molecular weight is 269 g/mol. The minimum atomic E-state index is 0. The lowest BCUT2D eigenvalue weighted by molar-refractivity contribution is 0.681. The number of alkyl halides is 2. The molecule has 0 radical (unpaired) electrons. The van der Waals surface area contributed by atoms with E-state index in [9.17, 15) is 0 Å². The van der Waals surface area contributed by atoms with Crippen molar-refractivity contribution in [2.45, 2.75) is 11.8 Å². The maximum atomic E-state index is 6.15. The van der Waals surface area contributed by atoms with E-state index in [0.717, 1.165) is 19.5 Å². The molecule has 1 atom stereocenters. The monoisotopic (exact) mass is 267 g/mol. The van der Waals surface area contributed by atoms with Gasteiger partial charge in [0.05, 0.1) is 5.38 Å². The summed E-state index contributed by atoms with van der Waals surface area (Å²) >= 11 is 11.7. The average Bonchev–Trinajstić information content (AvgIpc) is 2.20. The van der Waals surface area contributed by atoms with Crippen molar-refractivity contribution in [2.24, 2.45) is 0 Å². The first-order valence-electron chi connectivity index (χ1n) is 4.77. The molecule has 0 saturated carbocycles. The Morgan fingerprint density at radius 2 is 1.87 bits per heavy atom. The second-order valence-electron chi connectivity index (χ2n) is 3.18. The molecule has 0 aliphatic rings. The summed E-state index contributed by atoms with van der Waals surface area (Å²) in [7, 11) is 0. The van der Waals surface area contributed by atoms with E-state index in [1.165, 1.54) is 5.56 Å². The molecular formula is C11H16Cl3N. The SMILES string of the molecule is Cl.ClCCNC[C@@H](Cl)Cc1ccccc1. The number of halogens is 3. The van der Waals surface area contributed by atoms with Gasteiger partial charge in [-0.2, -0.15) is 0 Å². The highest BCUT2D eigenvalue weighted by Gasteiger charge is 2.04. The van der Waals surface area contributed by atoms with Crippen LogP contribution in [0.1, 0.15) is 5.56 Å². The summed E-state index contributed by atoms with van der Waals surface area (Å²) in [4.78, 5) is 0. The fourth-order valence-corrected chi connectivity index (χ4v) is 1.69. The van der Waals surface area contributed by atoms with E-state index in [0.29, 0.717) is 5.88 Å². The minimum absolute atomic E-state index is 0. The summed E-state index contributed by atoms with van der Waals surface area (Å²) in [5, 5.41) is 3.33. The molecule has 1 aromatic rings. The Bertz CT molecular complexity index is 241. The Balaban J connectivity index is 0.00000196. The van der Waals surface area contributed by atoms with Crippen LogP contribution in [0, 0.1) is 0 Å². The van der Waals surface area contributed by atoms with Gasteiger partial charge < -0.3 is 5.32 Å². The molecule has 0 amide bonds. The van der Waals surface area contributed by atoms with Crippen molar-refractivity contribution in [1.29, 1.82) is 0 Å². The molecule has 0 bridgehead atoms. The first kappa shape index (κ1) is 15.0. The molecule has 1 rings (SSSR count). The van der Waals surface area contributed by atoms with E-state index < -0.39 is 0 Å². The lowest BCUT2D eigenvalue weighted by Crippen LogP contribution is -2.26. The Hall–Kier alpha value is 0.0500. The molecule has 0 fully saturated rings. The topological polar surface area (TPSA) is 12.0 Å². The lowest BCUT2D eigenvalue weighted by atomic mass is 10.1. The van der Waals surface area contributed by atoms with Gasteiger partial charge in [-0.25, -0.2) is 0 Å². The second-order valence-corrected chi connectivity index (χ2v) is 4.18. The lowest BCUT2D eigenvalue weighted by Gasteiger charge is -2.09. The third-order valence-corrected chi connectivity index (χ3v) is 2.43. The van der Waals surface area contributed by atoms with Gasteiger partial charge in [0.25, 0.3) is 0 Å². The van der Waals surface area contributed by atoms with Gasteiger partial charge in [-0.3, -0.25) is 0 Å². The van der Waals surface area contributed by atoms with E-state index in [2.05, 4.69) is 17.4 Å². The van der Waals surface area contributed by atoms with E-state index in [1.54, 1.807) is 0 Å². The molecule has 1 N–H and O–H groups in total. The van der Waals surface area contributed by atoms with Crippen LogP contribution in [0.4, 0.5) is 0 Å². The van der Waals surface area contributed by atoms with Crippen molar-refractivity contribution in [2.75, 3.05) is 19.0 Å². The van der Waals surface area contributed by atoms with E-state index in [1.807, 2.05) is 18.2 Å². The Morgan fingerprint density at radius 3 is 2.47 bits per heavy atom. The summed E-state index contributed by atoms with van der Waals surface area (Å²) in [6.07, 6.45) is 0.900. The van der Waals surface area contributed by atoms with E-state index >= 15 is 0 Å². The van der Waals surface area contributed by atoms with Crippen molar-refractivity contribution in [3.8, 4) is 0 Å². The number of rotatable bonds is 6. The van der Waals surface area contributed by atoms with Crippen LogP contribution in [0.2, 0.25) is 0 Å². The van der Waals surface area contributed by atoms with Crippen LogP contribution in [-0.4, -0.2) is 24.3 Å². The molecule has 4 heteroatoms. The molecule has 15 heavy (non-hydrogen) atoms. The van der Waals surface area contributed by atoms with Crippen LogP contribution in [0.5, 0.6) is 0 Å². The zero-order valence-corrected chi connectivity index (χ0v) is 10.8. The van der Waals surface area contributed by atoms with Crippen molar-refractivity contribution in [3.05, 3.63) is 35.9 Å². The highest BCUT2D eigenvalue weighted by molar-refractivity contribution is 6.21. The molecule has 0 saturated heterocycles. The van der Waals surface area contributed by atoms with Crippen molar-refractivity contribution < 1.29 is 0 Å². The van der Waals surface area contributed by atoms with Gasteiger partial charge in [0.15, 0.2) is 0 Å². The molecular weight excluding hydrogens is 252 g/mol. The fourth-order valence-electron chi connectivity index (χ4n) is 1.27. The quantitative estimate of drug-likeness (QED) is 0.618. The van der Waals surface area contributed by atoms with Crippen LogP contribution in [-0.2, 0) is 6.42 Å². The van der Waals surface area contributed by atoms with Gasteiger partial charge in [0.1, 0.15) is 0 Å². The molecule has 1 aromatic carbocycles. The Morgan fingerprint density at radius 1 is 1.20 bits per heavy atom. The van der Waals surface area contributed by atoms with Gasteiger partial charge >= 0.3 is 0 Å². The summed E-state index contributed by atoms with van der Waals surface area (Å²) in [5.74, 6) is 0.634. The van der Waals surface area contributed by atoms with Gasteiger partial charge in [0.2, 0.25) is 0 Å². The summed E-state index contributed by atoms with van der Waals surface area (Å²) < 4.78 is 0. The molecule has 0 heterocycles. The maximum absolute atomic E-state index is 6.15. The number of benzene rings is 1. The van der Waals surface area contributed by atoms with E-state index in [4.69, 9.17) is 23.2 Å². The second kappa shape index (κ2) is 9.29. The van der Waals surface area contributed by atoms with Gasteiger partial charge in [-0.15, -0.1) is 35.6 Å². The fraction of sp³-hybridized carbons (Fsp3) is 0.455. The predicted octanol–water partition coefficient (Wildman–Crippen LogP) is 3.09. The summed E-state index contributed by atoms with van der Waals surface area (Å²) in [6.45, 7) is 1.63. The minimum Gasteiger partial charge on any atom is -0.314 e. The van der Waals surface area contributed by atoms with Gasteiger partial charge in [-0.1, -0.05) is 30.3 Å². The zero-order chi connectivity index (χ0) is 10.2.